The van der Waals surface area contributed by atoms with Crippen molar-refractivity contribution in [2.75, 3.05) is 6.54 Å². The predicted octanol–water partition coefficient (Wildman–Crippen LogP) is 8.75. The Balaban J connectivity index is 2.01. The van der Waals surface area contributed by atoms with Crippen molar-refractivity contribution in [3.8, 4) is 0 Å². The first-order valence-electron chi connectivity index (χ1n) is 13.5. The van der Waals surface area contributed by atoms with Crippen LogP contribution in [0.15, 0.2) is 58.7 Å². The van der Waals surface area contributed by atoms with Gasteiger partial charge in [0.05, 0.1) is 0 Å². The summed E-state index contributed by atoms with van der Waals surface area (Å²) in [5.41, 5.74) is 7.30. The molecule has 0 fully saturated rings. The van der Waals surface area contributed by atoms with Crippen LogP contribution in [0.25, 0.3) is 0 Å². The number of hydrogen-bond acceptors (Lipinski definition) is 2. The van der Waals surface area contributed by atoms with E-state index >= 15 is 0 Å². The van der Waals surface area contributed by atoms with Crippen molar-refractivity contribution in [2.45, 2.75) is 92.9 Å². The molecule has 2 aromatic carbocycles. The Bertz CT molecular complexity index is 1160. The Morgan fingerprint density at radius 1 is 0.676 bits per heavy atom. The fourth-order valence-corrected chi connectivity index (χ4v) is 5.28. The molecule has 0 radical (unpaired) electrons. The molecule has 0 spiro atoms. The minimum atomic E-state index is 0.396. The van der Waals surface area contributed by atoms with Crippen molar-refractivity contribution < 1.29 is 15.6 Å². The van der Waals surface area contributed by atoms with E-state index in [-0.39, 0.29) is 0 Å². The van der Waals surface area contributed by atoms with Crippen LogP contribution in [0.1, 0.15) is 115 Å². The summed E-state index contributed by atoms with van der Waals surface area (Å²) in [6.45, 7) is 22.8. The summed E-state index contributed by atoms with van der Waals surface area (Å²) in [6, 6.07) is 13.1. The number of hydrogen-bond donors (Lipinski definition) is 0. The first-order valence-corrected chi connectivity index (χ1v) is 14.1. The standard InChI is InChI=1S/C32H44N4.Fe/c1-21(2)27-14-11-15-28(22(3)4)31(27)33-25(9)35-18-13-19-36(20-35)26(10)34-32-29(23(5)6)16-12-17-30(32)24(7)8;/h11-18,21-24H,19H2,1-10H3;. The van der Waals surface area contributed by atoms with E-state index in [1.165, 1.54) is 22.3 Å². The summed E-state index contributed by atoms with van der Waals surface area (Å²) in [5, 5.41) is 0. The molecule has 0 aliphatic carbocycles. The second-order valence-electron chi connectivity index (χ2n) is 11.1. The van der Waals surface area contributed by atoms with Crippen molar-refractivity contribution in [1.82, 2.24) is 9.80 Å². The van der Waals surface area contributed by atoms with E-state index in [1.54, 1.807) is 0 Å². The third kappa shape index (κ3) is 6.51. The fraction of sp³-hybridized carbons (Fsp3) is 0.469. The molecule has 200 valence electrons. The molecule has 3 rings (SSSR count). The van der Waals surface area contributed by atoms with Gasteiger partial charge >= 0.3 is 233 Å². The van der Waals surface area contributed by atoms with E-state index in [1.807, 2.05) is 0 Å². The van der Waals surface area contributed by atoms with Crippen LogP contribution in [0.2, 0.25) is 0 Å². The third-order valence-electron chi connectivity index (χ3n) is 6.92. The van der Waals surface area contributed by atoms with Crippen LogP contribution in [0.3, 0.4) is 0 Å². The summed E-state index contributed by atoms with van der Waals surface area (Å²) in [7, 11) is 0. The molecule has 5 heteroatoms. The summed E-state index contributed by atoms with van der Waals surface area (Å²) in [5.74, 6) is 3.43. The van der Waals surface area contributed by atoms with Gasteiger partial charge in [-0.2, -0.15) is 0 Å². The van der Waals surface area contributed by atoms with Gasteiger partial charge in [0.2, 0.25) is 0 Å². The van der Waals surface area contributed by atoms with Gasteiger partial charge in [0.1, 0.15) is 0 Å². The normalized spacial score (nSPS) is 15.3. The van der Waals surface area contributed by atoms with Crippen molar-refractivity contribution in [2.24, 2.45) is 9.98 Å². The average molecular weight is 541 g/mol. The van der Waals surface area contributed by atoms with E-state index in [0.29, 0.717) is 23.7 Å². The average Bonchev–Trinajstić information content (AvgIpc) is 2.83. The molecular formula is C32H44FeN4. The zero-order valence-electron chi connectivity index (χ0n) is 24.3. The number of amidine groups is 2. The first-order chi connectivity index (χ1) is 17.4. The van der Waals surface area contributed by atoms with Crippen molar-refractivity contribution >= 4 is 27.7 Å². The van der Waals surface area contributed by atoms with Gasteiger partial charge in [-0.25, -0.2) is 0 Å². The van der Waals surface area contributed by atoms with E-state index in [0.717, 1.165) is 34.3 Å². The molecule has 0 N–H and O–H groups in total. The topological polar surface area (TPSA) is 31.2 Å². The molecule has 0 unspecified atom stereocenters. The van der Waals surface area contributed by atoms with E-state index in [2.05, 4.69) is 143 Å². The summed E-state index contributed by atoms with van der Waals surface area (Å²) in [4.78, 5) is 14.7. The fourth-order valence-electron chi connectivity index (χ4n) is 4.74. The van der Waals surface area contributed by atoms with Gasteiger partial charge in [0, 0.05) is 0 Å². The van der Waals surface area contributed by atoms with Gasteiger partial charge in [-0.3, -0.25) is 0 Å². The molecule has 0 amide bonds. The molecule has 0 bridgehead atoms. The van der Waals surface area contributed by atoms with Crippen molar-refractivity contribution in [3.05, 3.63) is 70.9 Å². The SMILES string of the molecule is CC(=Nc1c(C(C)C)cccc1C(C)C)N1C=CCN(C(C)=Nc2c(C(C)C)cccc2C(C)C)[C]1=[Fe]. The van der Waals surface area contributed by atoms with Crippen LogP contribution in [-0.4, -0.2) is 32.7 Å². The van der Waals surface area contributed by atoms with Crippen LogP contribution in [0, 0.1) is 0 Å². The van der Waals surface area contributed by atoms with Crippen molar-refractivity contribution in [3.63, 3.8) is 0 Å². The Morgan fingerprint density at radius 3 is 1.43 bits per heavy atom. The van der Waals surface area contributed by atoms with Gasteiger partial charge in [-0.05, 0) is 0 Å². The van der Waals surface area contributed by atoms with Gasteiger partial charge < -0.3 is 0 Å². The van der Waals surface area contributed by atoms with Gasteiger partial charge in [0.25, 0.3) is 0 Å². The molecule has 37 heavy (non-hydrogen) atoms. The summed E-state index contributed by atoms with van der Waals surface area (Å²) >= 11 is 4.47. The number of nitrogens with zero attached hydrogens (tertiary/aromatic N) is 4. The molecule has 1 heterocycles. The number of benzene rings is 2. The Kier molecular flexibility index (Phi) is 9.72. The van der Waals surface area contributed by atoms with Crippen LogP contribution in [0.5, 0.6) is 0 Å². The number of aliphatic imine (C=N–C) groups is 2. The second kappa shape index (κ2) is 12.4. The summed E-state index contributed by atoms with van der Waals surface area (Å²) < 4.78 is 0.867. The second-order valence-corrected chi connectivity index (χ2v) is 11.6. The van der Waals surface area contributed by atoms with Gasteiger partial charge in [0.15, 0.2) is 0 Å². The van der Waals surface area contributed by atoms with Crippen molar-refractivity contribution in [1.29, 1.82) is 0 Å². The molecule has 0 aromatic heterocycles. The third-order valence-corrected chi connectivity index (χ3v) is 7.49. The van der Waals surface area contributed by atoms with Crippen LogP contribution < -0.4 is 0 Å². The van der Waals surface area contributed by atoms with Crippen LogP contribution >= 0.6 is 0 Å². The van der Waals surface area contributed by atoms with E-state index < -0.39 is 0 Å². The molecule has 2 aromatic rings. The van der Waals surface area contributed by atoms with Crippen LogP contribution in [0.4, 0.5) is 11.4 Å². The molecule has 0 saturated carbocycles. The van der Waals surface area contributed by atoms with E-state index in [9.17, 15) is 0 Å². The predicted molar refractivity (Wildman–Crippen MR) is 157 cm³/mol. The van der Waals surface area contributed by atoms with Gasteiger partial charge in [-0.1, -0.05) is 0 Å². The summed E-state index contributed by atoms with van der Waals surface area (Å²) in [6.07, 6.45) is 4.24. The number of rotatable bonds is 6. The zero-order valence-corrected chi connectivity index (χ0v) is 25.4. The zero-order chi connectivity index (χ0) is 27.4. The maximum absolute atomic E-state index is 5.21. The number of para-hydroxylation sites is 2. The molecule has 1 aliphatic rings. The van der Waals surface area contributed by atoms with Gasteiger partial charge in [-0.15, -0.1) is 0 Å². The Morgan fingerprint density at radius 2 is 1.05 bits per heavy atom. The quantitative estimate of drug-likeness (QED) is 0.208. The Hall–Kier alpha value is -2.49. The molecule has 1 aliphatic heterocycles. The monoisotopic (exact) mass is 540 g/mol. The maximum atomic E-state index is 5.21. The molecular weight excluding hydrogens is 496 g/mol. The molecule has 0 saturated heterocycles. The van der Waals surface area contributed by atoms with Crippen LogP contribution in [-0.2, 0) is 15.6 Å². The van der Waals surface area contributed by atoms with E-state index in [4.69, 9.17) is 9.98 Å². The molecule has 0 atom stereocenters. The Labute approximate surface area is 233 Å². The first kappa shape index (κ1) is 29.1. The minimum absolute atomic E-state index is 0.396. The molecule has 4 nitrogen and oxygen atoms in total.